The van der Waals surface area contributed by atoms with Gasteiger partial charge in [-0.05, 0) is 37.3 Å². The van der Waals surface area contributed by atoms with E-state index in [1.54, 1.807) is 18.4 Å². The molecule has 0 amide bonds. The lowest BCUT2D eigenvalue weighted by atomic mass is 9.95. The number of hydrogen-bond donors (Lipinski definition) is 1. The first-order chi connectivity index (χ1) is 13.8. The molecule has 2 aliphatic rings. The first kappa shape index (κ1) is 16.7. The number of aromatic hydroxyl groups is 1. The fourth-order valence-corrected chi connectivity index (χ4v) is 3.85. The molecule has 0 saturated heterocycles. The second kappa shape index (κ2) is 6.64. The van der Waals surface area contributed by atoms with Gasteiger partial charge in [0.05, 0.1) is 24.6 Å². The smallest absolute Gasteiger partial charge is 0.246 e. The van der Waals surface area contributed by atoms with E-state index in [1.807, 2.05) is 54.4 Å². The molecule has 0 fully saturated rings. The Morgan fingerprint density at radius 1 is 1.14 bits per heavy atom. The third-order valence-corrected chi connectivity index (χ3v) is 5.08. The Bertz CT molecular complexity index is 1030. The minimum absolute atomic E-state index is 0.0335. The lowest BCUT2D eigenvalue weighted by molar-refractivity contribution is -0.0344. The molecule has 0 radical (unpaired) electrons. The summed E-state index contributed by atoms with van der Waals surface area (Å²) >= 11 is 0. The molecule has 1 N–H and O–H groups in total. The van der Waals surface area contributed by atoms with E-state index in [1.165, 1.54) is 0 Å². The molecule has 3 heterocycles. The number of benzene rings is 2. The summed E-state index contributed by atoms with van der Waals surface area (Å²) in [4.78, 5) is 0. The van der Waals surface area contributed by atoms with Gasteiger partial charge in [-0.15, -0.1) is 0 Å². The van der Waals surface area contributed by atoms with Gasteiger partial charge >= 0.3 is 0 Å². The van der Waals surface area contributed by atoms with Gasteiger partial charge in [0.2, 0.25) is 6.23 Å². The summed E-state index contributed by atoms with van der Waals surface area (Å²) in [6.45, 7) is 2.51. The molecule has 0 aliphatic carbocycles. The molecule has 28 heavy (non-hydrogen) atoms. The summed E-state index contributed by atoms with van der Waals surface area (Å²) in [7, 11) is 0. The zero-order valence-electron chi connectivity index (χ0n) is 15.4. The highest BCUT2D eigenvalue weighted by Crippen LogP contribution is 2.51. The van der Waals surface area contributed by atoms with E-state index in [0.29, 0.717) is 24.5 Å². The molecule has 3 aromatic rings. The molecule has 1 aromatic heterocycles. The molecule has 2 aromatic carbocycles. The molecule has 142 valence electrons. The monoisotopic (exact) mass is 376 g/mol. The second-order valence-electron chi connectivity index (χ2n) is 6.76. The molecular weight excluding hydrogens is 356 g/mol. The maximum absolute atomic E-state index is 10.3. The van der Waals surface area contributed by atoms with Crippen LogP contribution >= 0.6 is 0 Å². The Morgan fingerprint density at radius 2 is 2.04 bits per heavy atom. The standard InChI is InChI=1S/C22H20N2O4/c1-2-26-19-10-5-8-15-17-13-16(14-7-3-4-9-18(14)25)23-24(17)22(28-21(15)19)20-11-6-12-27-20/h3-12,17,22,25H,2,13H2,1H3. The Kier molecular flexibility index (Phi) is 3.97. The van der Waals surface area contributed by atoms with Gasteiger partial charge in [0, 0.05) is 17.5 Å². The third-order valence-electron chi connectivity index (χ3n) is 5.08. The van der Waals surface area contributed by atoms with Crippen LogP contribution in [0.3, 0.4) is 0 Å². The van der Waals surface area contributed by atoms with Crippen molar-refractivity contribution >= 4 is 5.71 Å². The summed E-state index contributed by atoms with van der Waals surface area (Å²) < 4.78 is 17.8. The number of hydrogen-bond acceptors (Lipinski definition) is 6. The normalized spacial score (nSPS) is 20.2. The number of fused-ring (bicyclic) bond motifs is 3. The molecule has 2 atom stereocenters. The van der Waals surface area contributed by atoms with Crippen LogP contribution in [0.25, 0.3) is 0 Å². The van der Waals surface area contributed by atoms with Gasteiger partial charge in [0.15, 0.2) is 17.3 Å². The fraction of sp³-hybridized carbons (Fsp3) is 0.227. The topological polar surface area (TPSA) is 67.4 Å². The van der Waals surface area contributed by atoms with Gasteiger partial charge in [-0.3, -0.25) is 0 Å². The number of furan rings is 1. The van der Waals surface area contributed by atoms with Crippen molar-refractivity contribution < 1.29 is 19.0 Å². The van der Waals surface area contributed by atoms with Crippen molar-refractivity contribution in [2.24, 2.45) is 5.10 Å². The second-order valence-corrected chi connectivity index (χ2v) is 6.76. The zero-order chi connectivity index (χ0) is 19.1. The van der Waals surface area contributed by atoms with Crippen LogP contribution in [0.5, 0.6) is 17.2 Å². The van der Waals surface area contributed by atoms with E-state index >= 15 is 0 Å². The summed E-state index contributed by atoms with van der Waals surface area (Å²) in [6, 6.07) is 16.9. The Morgan fingerprint density at radius 3 is 2.82 bits per heavy atom. The van der Waals surface area contributed by atoms with Crippen LogP contribution in [-0.2, 0) is 0 Å². The molecule has 0 bridgehead atoms. The summed E-state index contributed by atoms with van der Waals surface area (Å²) in [5.74, 6) is 2.33. The van der Waals surface area contributed by atoms with Crippen molar-refractivity contribution in [1.29, 1.82) is 0 Å². The first-order valence-corrected chi connectivity index (χ1v) is 9.36. The lowest BCUT2D eigenvalue weighted by Crippen LogP contribution is -2.33. The fourth-order valence-electron chi connectivity index (χ4n) is 3.85. The van der Waals surface area contributed by atoms with E-state index in [9.17, 15) is 5.11 Å². The van der Waals surface area contributed by atoms with Gasteiger partial charge in [-0.1, -0.05) is 24.3 Å². The lowest BCUT2D eigenvalue weighted by Gasteiger charge is -2.37. The molecule has 2 unspecified atom stereocenters. The highest BCUT2D eigenvalue weighted by atomic mass is 16.5. The number of rotatable bonds is 4. The van der Waals surface area contributed by atoms with Crippen LogP contribution in [0.2, 0.25) is 0 Å². The van der Waals surface area contributed by atoms with E-state index < -0.39 is 6.23 Å². The SMILES string of the molecule is CCOc1cccc2c1OC(c1ccco1)N1N=C(c3ccccc3O)CC21. The van der Waals surface area contributed by atoms with Gasteiger partial charge in [0.1, 0.15) is 5.75 Å². The zero-order valence-corrected chi connectivity index (χ0v) is 15.4. The molecule has 2 aliphatic heterocycles. The van der Waals surface area contributed by atoms with Gasteiger partial charge in [-0.25, -0.2) is 5.01 Å². The molecule has 0 spiro atoms. The Hall–Kier alpha value is -3.41. The van der Waals surface area contributed by atoms with Crippen molar-refractivity contribution in [2.75, 3.05) is 6.61 Å². The highest BCUT2D eigenvalue weighted by Gasteiger charge is 2.43. The van der Waals surface area contributed by atoms with E-state index in [2.05, 4.69) is 0 Å². The highest BCUT2D eigenvalue weighted by molar-refractivity contribution is 6.04. The average Bonchev–Trinajstić information content (AvgIpc) is 3.38. The van der Waals surface area contributed by atoms with Crippen molar-refractivity contribution in [3.8, 4) is 17.2 Å². The van der Waals surface area contributed by atoms with E-state index in [0.717, 1.165) is 22.6 Å². The average molecular weight is 376 g/mol. The molecule has 6 nitrogen and oxygen atoms in total. The van der Waals surface area contributed by atoms with E-state index in [-0.39, 0.29) is 11.8 Å². The van der Waals surface area contributed by atoms with Crippen molar-refractivity contribution in [3.63, 3.8) is 0 Å². The van der Waals surface area contributed by atoms with Crippen LogP contribution in [0, 0.1) is 0 Å². The minimum atomic E-state index is -0.502. The predicted octanol–water partition coefficient (Wildman–Crippen LogP) is 4.63. The Labute approximate surface area is 162 Å². The van der Waals surface area contributed by atoms with Crippen LogP contribution in [0.1, 0.15) is 42.5 Å². The number of ether oxygens (including phenoxy) is 2. The quantitative estimate of drug-likeness (QED) is 0.719. The molecule has 5 rings (SSSR count). The predicted molar refractivity (Wildman–Crippen MR) is 104 cm³/mol. The molecule has 6 heteroatoms. The van der Waals surface area contributed by atoms with Crippen molar-refractivity contribution in [2.45, 2.75) is 25.6 Å². The largest absolute Gasteiger partial charge is 0.507 e. The Balaban J connectivity index is 1.62. The number of hydrazone groups is 1. The van der Waals surface area contributed by atoms with Crippen LogP contribution < -0.4 is 9.47 Å². The number of para-hydroxylation sites is 2. The maximum Gasteiger partial charge on any atom is 0.246 e. The number of phenols is 1. The summed E-state index contributed by atoms with van der Waals surface area (Å²) in [5, 5.41) is 17.0. The van der Waals surface area contributed by atoms with Crippen LogP contribution in [0.15, 0.2) is 70.4 Å². The van der Waals surface area contributed by atoms with Crippen molar-refractivity contribution in [3.05, 3.63) is 77.7 Å². The third kappa shape index (κ3) is 2.60. The van der Waals surface area contributed by atoms with Crippen LogP contribution in [0.4, 0.5) is 0 Å². The van der Waals surface area contributed by atoms with Gasteiger partial charge < -0.3 is 19.0 Å². The number of nitrogens with zero attached hydrogens (tertiary/aromatic N) is 2. The molecular formula is C22H20N2O4. The first-order valence-electron chi connectivity index (χ1n) is 9.36. The number of phenolic OH excluding ortho intramolecular Hbond substituents is 1. The summed E-state index contributed by atoms with van der Waals surface area (Å²) in [5.41, 5.74) is 2.57. The maximum atomic E-state index is 10.3. The molecule has 0 saturated carbocycles. The minimum Gasteiger partial charge on any atom is -0.507 e. The van der Waals surface area contributed by atoms with E-state index in [4.69, 9.17) is 19.0 Å². The van der Waals surface area contributed by atoms with Crippen molar-refractivity contribution in [1.82, 2.24) is 5.01 Å². The van der Waals surface area contributed by atoms with Gasteiger partial charge in [-0.2, -0.15) is 5.10 Å². The summed E-state index contributed by atoms with van der Waals surface area (Å²) in [6.07, 6.45) is 1.78. The van der Waals surface area contributed by atoms with Crippen LogP contribution in [-0.4, -0.2) is 22.4 Å². The van der Waals surface area contributed by atoms with Gasteiger partial charge in [0.25, 0.3) is 0 Å².